The molecule has 1 aliphatic rings. The molecule has 7 heteroatoms. The van der Waals surface area contributed by atoms with E-state index in [0.29, 0.717) is 26.2 Å². The third kappa shape index (κ3) is 7.54. The molecule has 0 saturated carbocycles. The molecule has 0 fully saturated rings. The second kappa shape index (κ2) is 13.3. The number of fused-ring (bicyclic) bond motifs is 1. The zero-order chi connectivity index (χ0) is 25.2. The molecule has 1 heterocycles. The van der Waals surface area contributed by atoms with E-state index in [9.17, 15) is 9.59 Å². The maximum atomic E-state index is 13.4. The molecule has 0 aliphatic carbocycles. The minimum absolute atomic E-state index is 0.0251. The number of rotatable bonds is 7. The highest BCUT2D eigenvalue weighted by atomic mass is 16.5. The van der Waals surface area contributed by atoms with Gasteiger partial charge in [-0.3, -0.25) is 19.4 Å². The standard InChI is InChI=1S/C28H40N4O3/c1-5-29(6-2)22-28(34)31-18-17-30(20-24-11-9-13-26(19-24)35-4)15-10-16-32(23(3)33)27-14-8-7-12-25(27)21-31/h7-9,11-14,19H,5-6,10,15-18,20-22H2,1-4H3. The highest BCUT2D eigenvalue weighted by molar-refractivity contribution is 5.92. The summed E-state index contributed by atoms with van der Waals surface area (Å²) in [5, 5.41) is 0. The number of likely N-dealkylation sites (N-methyl/N-ethyl adjacent to an activating group) is 1. The summed E-state index contributed by atoms with van der Waals surface area (Å²) >= 11 is 0. The number of para-hydroxylation sites is 1. The van der Waals surface area contributed by atoms with Gasteiger partial charge in [-0.25, -0.2) is 0 Å². The average molecular weight is 481 g/mol. The van der Waals surface area contributed by atoms with Crippen LogP contribution >= 0.6 is 0 Å². The van der Waals surface area contributed by atoms with Gasteiger partial charge in [-0.05, 0) is 48.8 Å². The Balaban J connectivity index is 1.88. The Morgan fingerprint density at radius 1 is 0.971 bits per heavy atom. The van der Waals surface area contributed by atoms with Crippen molar-refractivity contribution in [3.63, 3.8) is 0 Å². The predicted octanol–water partition coefficient (Wildman–Crippen LogP) is 3.62. The smallest absolute Gasteiger partial charge is 0.237 e. The fourth-order valence-electron chi connectivity index (χ4n) is 4.60. The quantitative estimate of drug-likeness (QED) is 0.606. The summed E-state index contributed by atoms with van der Waals surface area (Å²) in [5.41, 5.74) is 3.09. The molecule has 7 nitrogen and oxygen atoms in total. The number of amides is 2. The highest BCUT2D eigenvalue weighted by Crippen LogP contribution is 2.24. The summed E-state index contributed by atoms with van der Waals surface area (Å²) in [6, 6.07) is 16.1. The largest absolute Gasteiger partial charge is 0.497 e. The Kier molecular flexibility index (Phi) is 10.1. The Labute approximate surface area is 210 Å². The van der Waals surface area contributed by atoms with Gasteiger partial charge in [0.15, 0.2) is 0 Å². The number of carbonyl (C=O) groups excluding carboxylic acids is 2. The molecule has 2 amide bonds. The average Bonchev–Trinajstić information content (AvgIpc) is 2.90. The fraction of sp³-hybridized carbons (Fsp3) is 0.500. The summed E-state index contributed by atoms with van der Waals surface area (Å²) in [6.45, 7) is 12.0. The second-order valence-electron chi connectivity index (χ2n) is 9.06. The lowest BCUT2D eigenvalue weighted by molar-refractivity contribution is -0.133. The SMILES string of the molecule is CCN(CC)CC(=O)N1CCN(Cc2cccc(OC)c2)CCCN(C(C)=O)c2ccccc2C1. The number of ether oxygens (including phenoxy) is 1. The Hall–Kier alpha value is -2.90. The maximum Gasteiger partial charge on any atom is 0.237 e. The summed E-state index contributed by atoms with van der Waals surface area (Å²) in [5.74, 6) is 0.991. The minimum atomic E-state index is 0.0251. The second-order valence-corrected chi connectivity index (χ2v) is 9.06. The van der Waals surface area contributed by atoms with Crippen LogP contribution in [0.2, 0.25) is 0 Å². The highest BCUT2D eigenvalue weighted by Gasteiger charge is 2.23. The van der Waals surface area contributed by atoms with Crippen molar-refractivity contribution in [3.8, 4) is 5.75 Å². The normalized spacial score (nSPS) is 15.5. The van der Waals surface area contributed by atoms with Gasteiger partial charge < -0.3 is 14.5 Å². The molecule has 0 aromatic heterocycles. The topological polar surface area (TPSA) is 56.3 Å². The number of methoxy groups -OCH3 is 1. The third-order valence-corrected chi connectivity index (χ3v) is 6.71. The van der Waals surface area contributed by atoms with Gasteiger partial charge in [-0.2, -0.15) is 0 Å². The van der Waals surface area contributed by atoms with Gasteiger partial charge in [0, 0.05) is 51.9 Å². The van der Waals surface area contributed by atoms with Crippen LogP contribution in [0.15, 0.2) is 48.5 Å². The minimum Gasteiger partial charge on any atom is -0.497 e. The number of benzene rings is 2. The van der Waals surface area contributed by atoms with Crippen LogP contribution in [0, 0.1) is 0 Å². The van der Waals surface area contributed by atoms with Crippen LogP contribution in [-0.2, 0) is 22.7 Å². The van der Waals surface area contributed by atoms with Crippen LogP contribution in [0.1, 0.15) is 38.3 Å². The lowest BCUT2D eigenvalue weighted by atomic mass is 10.1. The van der Waals surface area contributed by atoms with Crippen molar-refractivity contribution in [2.75, 3.05) is 57.8 Å². The van der Waals surface area contributed by atoms with Crippen molar-refractivity contribution in [3.05, 3.63) is 59.7 Å². The van der Waals surface area contributed by atoms with Crippen molar-refractivity contribution in [2.24, 2.45) is 0 Å². The Bertz CT molecular complexity index is 976. The van der Waals surface area contributed by atoms with Gasteiger partial charge in [0.05, 0.1) is 13.7 Å². The van der Waals surface area contributed by atoms with E-state index in [1.807, 2.05) is 46.2 Å². The zero-order valence-corrected chi connectivity index (χ0v) is 21.7. The summed E-state index contributed by atoms with van der Waals surface area (Å²) in [7, 11) is 1.68. The first-order valence-electron chi connectivity index (χ1n) is 12.7. The first-order chi connectivity index (χ1) is 16.9. The molecule has 0 unspecified atom stereocenters. The molecule has 35 heavy (non-hydrogen) atoms. The molecule has 3 rings (SSSR count). The number of carbonyl (C=O) groups is 2. The molecule has 1 aliphatic heterocycles. The van der Waals surface area contributed by atoms with Crippen molar-refractivity contribution in [1.82, 2.24) is 14.7 Å². The van der Waals surface area contributed by atoms with Gasteiger partial charge in [-0.1, -0.05) is 44.2 Å². The summed E-state index contributed by atoms with van der Waals surface area (Å²) < 4.78 is 5.40. The van der Waals surface area contributed by atoms with Gasteiger partial charge in [-0.15, -0.1) is 0 Å². The Morgan fingerprint density at radius 3 is 2.46 bits per heavy atom. The van der Waals surface area contributed by atoms with Crippen molar-refractivity contribution in [2.45, 2.75) is 40.3 Å². The molecule has 2 aromatic carbocycles. The van der Waals surface area contributed by atoms with Crippen molar-refractivity contribution in [1.29, 1.82) is 0 Å². The lowest BCUT2D eigenvalue weighted by Gasteiger charge is -2.30. The maximum absolute atomic E-state index is 13.4. The molecular weight excluding hydrogens is 440 g/mol. The monoisotopic (exact) mass is 480 g/mol. The van der Waals surface area contributed by atoms with Gasteiger partial charge >= 0.3 is 0 Å². The third-order valence-electron chi connectivity index (χ3n) is 6.71. The van der Waals surface area contributed by atoms with Crippen LogP contribution in [0.5, 0.6) is 5.75 Å². The Morgan fingerprint density at radius 2 is 1.74 bits per heavy atom. The number of hydrogen-bond acceptors (Lipinski definition) is 5. The van der Waals surface area contributed by atoms with E-state index in [-0.39, 0.29) is 11.8 Å². The first kappa shape index (κ1) is 26.7. The molecule has 2 aromatic rings. The van der Waals surface area contributed by atoms with E-state index in [2.05, 4.69) is 35.8 Å². The van der Waals surface area contributed by atoms with E-state index in [1.165, 1.54) is 5.56 Å². The van der Waals surface area contributed by atoms with E-state index >= 15 is 0 Å². The van der Waals surface area contributed by atoms with Crippen molar-refractivity contribution >= 4 is 17.5 Å². The van der Waals surface area contributed by atoms with Crippen LogP contribution in [-0.4, -0.2) is 79.4 Å². The van der Waals surface area contributed by atoms with Crippen LogP contribution in [0.25, 0.3) is 0 Å². The molecule has 0 N–H and O–H groups in total. The van der Waals surface area contributed by atoms with E-state index in [0.717, 1.165) is 56.1 Å². The van der Waals surface area contributed by atoms with Crippen LogP contribution < -0.4 is 9.64 Å². The van der Waals surface area contributed by atoms with Gasteiger partial charge in [0.25, 0.3) is 0 Å². The molecule has 0 radical (unpaired) electrons. The number of hydrogen-bond donors (Lipinski definition) is 0. The molecule has 190 valence electrons. The molecular formula is C28H40N4O3. The van der Waals surface area contributed by atoms with E-state index < -0.39 is 0 Å². The van der Waals surface area contributed by atoms with Crippen LogP contribution in [0.4, 0.5) is 5.69 Å². The summed E-state index contributed by atoms with van der Waals surface area (Å²) in [4.78, 5) is 34.4. The molecule has 0 bridgehead atoms. The number of nitrogens with zero attached hydrogens (tertiary/aromatic N) is 4. The van der Waals surface area contributed by atoms with Gasteiger partial charge in [0.1, 0.15) is 5.75 Å². The molecule has 0 saturated heterocycles. The predicted molar refractivity (Wildman–Crippen MR) is 141 cm³/mol. The van der Waals surface area contributed by atoms with E-state index in [4.69, 9.17) is 4.74 Å². The molecule has 0 atom stereocenters. The zero-order valence-electron chi connectivity index (χ0n) is 21.7. The van der Waals surface area contributed by atoms with Gasteiger partial charge in [0.2, 0.25) is 11.8 Å². The lowest BCUT2D eigenvalue weighted by Crippen LogP contribution is -2.43. The number of anilines is 1. The fourth-order valence-corrected chi connectivity index (χ4v) is 4.60. The van der Waals surface area contributed by atoms with Crippen LogP contribution in [0.3, 0.4) is 0 Å². The van der Waals surface area contributed by atoms with Crippen molar-refractivity contribution < 1.29 is 14.3 Å². The van der Waals surface area contributed by atoms with E-state index in [1.54, 1.807) is 14.0 Å². The first-order valence-corrected chi connectivity index (χ1v) is 12.7. The summed E-state index contributed by atoms with van der Waals surface area (Å²) in [6.07, 6.45) is 0.852. The molecule has 0 spiro atoms.